The molecule has 0 atom stereocenters. The molecule has 7 heteroatoms. The number of amidine groups is 1. The van der Waals surface area contributed by atoms with Crippen LogP contribution in [0.25, 0.3) is 0 Å². The van der Waals surface area contributed by atoms with Gasteiger partial charge in [0.15, 0.2) is 0 Å². The van der Waals surface area contributed by atoms with Gasteiger partial charge in [0.1, 0.15) is 5.84 Å². The molecule has 162 valence electrons. The number of benzene rings is 2. The van der Waals surface area contributed by atoms with E-state index in [0.29, 0.717) is 18.7 Å². The Morgan fingerprint density at radius 2 is 1.81 bits per heavy atom. The summed E-state index contributed by atoms with van der Waals surface area (Å²) in [5.74, 6) is 5.11. The smallest absolute Gasteiger partial charge is 0.303 e. The van der Waals surface area contributed by atoms with Crippen LogP contribution in [-0.4, -0.2) is 35.9 Å². The van der Waals surface area contributed by atoms with Crippen molar-refractivity contribution >= 4 is 29.1 Å². The highest BCUT2D eigenvalue weighted by atomic mass is 16.4. The van der Waals surface area contributed by atoms with Crippen LogP contribution >= 0.6 is 0 Å². The van der Waals surface area contributed by atoms with Crippen molar-refractivity contribution in [2.45, 2.75) is 33.6 Å². The summed E-state index contributed by atoms with van der Waals surface area (Å²) < 4.78 is 0. The molecule has 0 aliphatic rings. The van der Waals surface area contributed by atoms with Gasteiger partial charge in [-0.2, -0.15) is 0 Å². The van der Waals surface area contributed by atoms with E-state index in [4.69, 9.17) is 16.2 Å². The van der Waals surface area contributed by atoms with Crippen molar-refractivity contribution in [3.63, 3.8) is 0 Å². The number of nitrogens with zero attached hydrogens (tertiary/aromatic N) is 1. The summed E-state index contributed by atoms with van der Waals surface area (Å²) in [6.45, 7) is 6.65. The van der Waals surface area contributed by atoms with Crippen LogP contribution in [0.4, 0.5) is 11.4 Å². The Bertz CT molecular complexity index is 1030. The first-order valence-corrected chi connectivity index (χ1v) is 10.0. The molecule has 0 bridgehead atoms. The number of nitrogens with one attached hydrogen (secondary N) is 2. The fourth-order valence-electron chi connectivity index (χ4n) is 3.11. The van der Waals surface area contributed by atoms with Gasteiger partial charge in [-0.15, -0.1) is 0 Å². The van der Waals surface area contributed by atoms with E-state index in [0.717, 1.165) is 28.1 Å². The van der Waals surface area contributed by atoms with E-state index in [1.165, 1.54) is 0 Å². The summed E-state index contributed by atoms with van der Waals surface area (Å²) >= 11 is 0. The number of hydrogen-bond donors (Lipinski definition) is 4. The number of nitrogen functional groups attached to an aromatic ring is 1. The molecule has 0 saturated heterocycles. The SMILES string of the molecule is CCN(C(=O)CCC(=O)O)c1cc(C)c(C#CCNc2ccc(C(=N)N)cc2)cc1C. The molecular formula is C24H28N4O3. The van der Waals surface area contributed by atoms with Crippen LogP contribution < -0.4 is 16.0 Å². The molecule has 0 aromatic heterocycles. The highest BCUT2D eigenvalue weighted by molar-refractivity contribution is 5.96. The van der Waals surface area contributed by atoms with Crippen molar-refractivity contribution in [3.05, 3.63) is 58.7 Å². The Labute approximate surface area is 182 Å². The van der Waals surface area contributed by atoms with Gasteiger partial charge < -0.3 is 21.1 Å². The van der Waals surface area contributed by atoms with E-state index in [1.807, 2.05) is 45.0 Å². The fourth-order valence-corrected chi connectivity index (χ4v) is 3.11. The van der Waals surface area contributed by atoms with Gasteiger partial charge in [-0.05, 0) is 68.3 Å². The summed E-state index contributed by atoms with van der Waals surface area (Å²) in [7, 11) is 0. The van der Waals surface area contributed by atoms with E-state index >= 15 is 0 Å². The number of rotatable bonds is 8. The normalized spacial score (nSPS) is 10.0. The number of hydrogen-bond acceptors (Lipinski definition) is 4. The minimum Gasteiger partial charge on any atom is -0.481 e. The summed E-state index contributed by atoms with van der Waals surface area (Å²) in [6.07, 6.45) is -0.205. The van der Waals surface area contributed by atoms with Gasteiger partial charge in [0.2, 0.25) is 5.91 Å². The average Bonchev–Trinajstić information content (AvgIpc) is 2.73. The number of nitrogens with two attached hydrogens (primary N) is 1. The van der Waals surface area contributed by atoms with E-state index < -0.39 is 5.97 Å². The average molecular weight is 421 g/mol. The number of amides is 1. The second kappa shape index (κ2) is 10.8. The maximum absolute atomic E-state index is 12.4. The van der Waals surface area contributed by atoms with E-state index in [9.17, 15) is 9.59 Å². The van der Waals surface area contributed by atoms with Gasteiger partial charge in [-0.1, -0.05) is 11.8 Å². The maximum Gasteiger partial charge on any atom is 0.303 e. The minimum absolute atomic E-state index is 0.0255. The number of carboxylic acid groups (broad SMARTS) is 1. The summed E-state index contributed by atoms with van der Waals surface area (Å²) in [4.78, 5) is 24.8. The number of aliphatic carboxylic acids is 1. The highest BCUT2D eigenvalue weighted by Crippen LogP contribution is 2.25. The van der Waals surface area contributed by atoms with Crippen LogP contribution in [0.2, 0.25) is 0 Å². The predicted octanol–water partition coefficient (Wildman–Crippen LogP) is 3.27. The van der Waals surface area contributed by atoms with Crippen LogP contribution in [0.3, 0.4) is 0 Å². The van der Waals surface area contributed by atoms with Crippen LogP contribution in [0.5, 0.6) is 0 Å². The molecule has 31 heavy (non-hydrogen) atoms. The van der Waals surface area contributed by atoms with Crippen LogP contribution in [0.1, 0.15) is 42.0 Å². The maximum atomic E-state index is 12.4. The van der Waals surface area contributed by atoms with Gasteiger partial charge in [0.05, 0.1) is 13.0 Å². The third-order valence-corrected chi connectivity index (χ3v) is 4.80. The monoisotopic (exact) mass is 420 g/mol. The van der Waals surface area contributed by atoms with Gasteiger partial charge in [0.25, 0.3) is 0 Å². The minimum atomic E-state index is -0.980. The largest absolute Gasteiger partial charge is 0.481 e. The van der Waals surface area contributed by atoms with Crippen molar-refractivity contribution in [1.82, 2.24) is 0 Å². The molecule has 5 N–H and O–H groups in total. The van der Waals surface area contributed by atoms with Crippen LogP contribution in [0.15, 0.2) is 36.4 Å². The lowest BCUT2D eigenvalue weighted by Gasteiger charge is -2.24. The van der Waals surface area contributed by atoms with Crippen LogP contribution in [-0.2, 0) is 9.59 Å². The molecule has 0 aliphatic carbocycles. The zero-order chi connectivity index (χ0) is 23.0. The van der Waals surface area contributed by atoms with E-state index in [-0.39, 0.29) is 24.6 Å². The summed E-state index contributed by atoms with van der Waals surface area (Å²) in [6, 6.07) is 11.1. The van der Waals surface area contributed by atoms with Crippen LogP contribution in [0, 0.1) is 31.1 Å². The van der Waals surface area contributed by atoms with Crippen molar-refractivity contribution in [2.75, 3.05) is 23.3 Å². The third-order valence-electron chi connectivity index (χ3n) is 4.80. The first-order chi connectivity index (χ1) is 14.7. The van der Waals surface area contributed by atoms with Crippen molar-refractivity contribution < 1.29 is 14.7 Å². The Kier molecular flexibility index (Phi) is 8.21. The Hall–Kier alpha value is -3.79. The molecule has 0 unspecified atom stereocenters. The lowest BCUT2D eigenvalue weighted by Crippen LogP contribution is -2.31. The Balaban J connectivity index is 2.09. The molecule has 2 rings (SSSR count). The van der Waals surface area contributed by atoms with Gasteiger partial charge in [0, 0.05) is 35.5 Å². The zero-order valence-electron chi connectivity index (χ0n) is 18.1. The molecule has 0 fully saturated rings. The highest BCUT2D eigenvalue weighted by Gasteiger charge is 2.17. The summed E-state index contributed by atoms with van der Waals surface area (Å²) in [5, 5.41) is 19.4. The molecule has 0 heterocycles. The molecular weight excluding hydrogens is 392 g/mol. The summed E-state index contributed by atoms with van der Waals surface area (Å²) in [5.41, 5.74) is 10.5. The number of aryl methyl sites for hydroxylation is 2. The zero-order valence-corrected chi connectivity index (χ0v) is 18.1. The molecule has 0 spiro atoms. The Morgan fingerprint density at radius 3 is 2.39 bits per heavy atom. The van der Waals surface area contributed by atoms with Crippen molar-refractivity contribution in [3.8, 4) is 11.8 Å². The van der Waals surface area contributed by atoms with Gasteiger partial charge in [-0.25, -0.2) is 0 Å². The first-order valence-electron chi connectivity index (χ1n) is 10.0. The van der Waals surface area contributed by atoms with Gasteiger partial charge in [-0.3, -0.25) is 15.0 Å². The van der Waals surface area contributed by atoms with Gasteiger partial charge >= 0.3 is 5.97 Å². The standard InChI is InChI=1S/C24H28N4O3/c1-4-28(22(29)11-12-23(30)31)21-15-16(2)19(14-17(21)3)6-5-13-27-20-9-7-18(8-10-20)24(25)26/h7-10,14-15,27H,4,11-13H2,1-3H3,(H3,25,26)(H,30,31). The molecule has 0 radical (unpaired) electrons. The molecule has 1 amide bonds. The molecule has 2 aromatic carbocycles. The molecule has 7 nitrogen and oxygen atoms in total. The number of carbonyl (C=O) groups is 2. The number of carbonyl (C=O) groups excluding carboxylic acids is 1. The second-order valence-corrected chi connectivity index (χ2v) is 7.13. The fraction of sp³-hybridized carbons (Fsp3) is 0.292. The topological polar surface area (TPSA) is 120 Å². The van der Waals surface area contributed by atoms with Crippen molar-refractivity contribution in [1.29, 1.82) is 5.41 Å². The molecule has 2 aromatic rings. The molecule has 0 saturated carbocycles. The lowest BCUT2D eigenvalue weighted by molar-refractivity contribution is -0.138. The van der Waals surface area contributed by atoms with Crippen molar-refractivity contribution in [2.24, 2.45) is 5.73 Å². The number of carboxylic acids is 1. The quantitative estimate of drug-likeness (QED) is 0.297. The number of anilines is 2. The van der Waals surface area contributed by atoms with E-state index in [2.05, 4.69) is 17.2 Å². The Morgan fingerprint density at radius 1 is 1.13 bits per heavy atom. The third kappa shape index (κ3) is 6.61. The lowest BCUT2D eigenvalue weighted by atomic mass is 10.0. The molecule has 0 aliphatic heterocycles. The first kappa shape index (κ1) is 23.5. The second-order valence-electron chi connectivity index (χ2n) is 7.13. The van der Waals surface area contributed by atoms with E-state index in [1.54, 1.807) is 17.0 Å². The predicted molar refractivity (Wildman–Crippen MR) is 124 cm³/mol.